The lowest BCUT2D eigenvalue weighted by Gasteiger charge is -2.22. The van der Waals surface area contributed by atoms with Gasteiger partial charge in [0, 0.05) is 19.5 Å². The first-order chi connectivity index (χ1) is 15.3. The minimum Gasteiger partial charge on any atom is -0.431 e. The molecule has 0 aliphatic heterocycles. The van der Waals surface area contributed by atoms with Crippen LogP contribution in [0.3, 0.4) is 0 Å². The van der Waals surface area contributed by atoms with Gasteiger partial charge >= 0.3 is 0 Å². The Morgan fingerprint density at radius 2 is 1.90 bits per heavy atom. The molecule has 0 spiro atoms. The van der Waals surface area contributed by atoms with Crippen LogP contribution in [0.2, 0.25) is 0 Å². The van der Waals surface area contributed by atoms with Crippen LogP contribution in [0.25, 0.3) is 10.2 Å². The highest BCUT2D eigenvalue weighted by atomic mass is 32.1. The van der Waals surface area contributed by atoms with Gasteiger partial charge in [-0.15, -0.1) is 0 Å². The summed E-state index contributed by atoms with van der Waals surface area (Å²) >= 11 is 1.58. The lowest BCUT2D eigenvalue weighted by molar-refractivity contribution is 0.262. The molecule has 6 nitrogen and oxygen atoms in total. The second kappa shape index (κ2) is 9.58. The highest BCUT2D eigenvalue weighted by Crippen LogP contribution is 2.31. The summed E-state index contributed by atoms with van der Waals surface area (Å²) in [5, 5.41) is 7.58. The Hall–Kier alpha value is -2.77. The number of fused-ring (bicyclic) bond motifs is 1. The van der Waals surface area contributed by atoms with Gasteiger partial charge in [-0.1, -0.05) is 35.6 Å². The van der Waals surface area contributed by atoms with Crippen molar-refractivity contribution < 1.29 is 4.74 Å². The minimum absolute atomic E-state index is 0.691. The van der Waals surface area contributed by atoms with Gasteiger partial charge in [-0.05, 0) is 68.0 Å². The second-order valence-corrected chi connectivity index (χ2v) is 9.22. The molecule has 0 amide bonds. The third kappa shape index (κ3) is 5.68. The summed E-state index contributed by atoms with van der Waals surface area (Å²) in [7, 11) is 0. The monoisotopic (exact) mass is 433 g/mol. The van der Waals surface area contributed by atoms with E-state index in [2.05, 4.69) is 55.4 Å². The molecule has 5 rings (SSSR count). The van der Waals surface area contributed by atoms with Crippen LogP contribution in [0, 0.1) is 5.92 Å². The van der Waals surface area contributed by atoms with E-state index < -0.39 is 0 Å². The second-order valence-electron chi connectivity index (χ2n) is 8.22. The molecule has 160 valence electrons. The zero-order valence-electron chi connectivity index (χ0n) is 17.5. The average Bonchev–Trinajstić information content (AvgIpc) is 3.28. The fourth-order valence-corrected chi connectivity index (χ4v) is 4.62. The molecule has 0 atom stereocenters. The first-order valence-electron chi connectivity index (χ1n) is 11.0. The molecular weight excluding hydrogens is 406 g/mol. The number of hydrogen-bond donors (Lipinski definition) is 1. The molecule has 1 N–H and O–H groups in total. The highest BCUT2D eigenvalue weighted by Gasteiger charge is 2.24. The summed E-state index contributed by atoms with van der Waals surface area (Å²) in [6, 6.07) is 16.6. The van der Waals surface area contributed by atoms with Crippen LogP contribution in [0.5, 0.6) is 10.9 Å². The van der Waals surface area contributed by atoms with Gasteiger partial charge in [0.25, 0.3) is 5.19 Å². The van der Waals surface area contributed by atoms with Crippen molar-refractivity contribution in [1.82, 2.24) is 25.1 Å². The molecule has 1 fully saturated rings. The Balaban J connectivity index is 1.13. The SMILES string of the molecule is c1ccc2sc(Oc3ccc(CCN(CCCc4ncn[nH]4)CC4CC4)cc3)nc2c1. The van der Waals surface area contributed by atoms with Crippen molar-refractivity contribution in [2.24, 2.45) is 5.92 Å². The third-order valence-corrected chi connectivity index (χ3v) is 6.60. The molecule has 1 aliphatic rings. The number of nitrogens with one attached hydrogen (secondary N) is 1. The van der Waals surface area contributed by atoms with E-state index in [1.54, 1.807) is 17.7 Å². The van der Waals surface area contributed by atoms with Crippen molar-refractivity contribution in [2.75, 3.05) is 19.6 Å². The maximum atomic E-state index is 5.98. The van der Waals surface area contributed by atoms with Gasteiger partial charge in [-0.3, -0.25) is 5.10 Å². The number of benzene rings is 2. The number of thiazole rings is 1. The van der Waals surface area contributed by atoms with Gasteiger partial charge in [-0.2, -0.15) is 5.10 Å². The molecule has 2 aromatic carbocycles. The number of aryl methyl sites for hydroxylation is 1. The van der Waals surface area contributed by atoms with Crippen molar-refractivity contribution >= 4 is 21.6 Å². The number of ether oxygens (including phenoxy) is 1. The normalized spacial score (nSPS) is 13.8. The van der Waals surface area contributed by atoms with E-state index in [0.29, 0.717) is 5.19 Å². The predicted octanol–water partition coefficient (Wildman–Crippen LogP) is 5.09. The number of H-pyrrole nitrogens is 1. The van der Waals surface area contributed by atoms with Crippen LogP contribution >= 0.6 is 11.3 Å². The third-order valence-electron chi connectivity index (χ3n) is 5.69. The Morgan fingerprint density at radius 1 is 1.03 bits per heavy atom. The Morgan fingerprint density at radius 3 is 2.68 bits per heavy atom. The van der Waals surface area contributed by atoms with Crippen LogP contribution in [0.15, 0.2) is 54.9 Å². The van der Waals surface area contributed by atoms with Crippen LogP contribution < -0.4 is 4.74 Å². The molecule has 0 bridgehead atoms. The van der Waals surface area contributed by atoms with E-state index in [0.717, 1.165) is 60.1 Å². The topological polar surface area (TPSA) is 66.9 Å². The maximum absolute atomic E-state index is 5.98. The summed E-state index contributed by atoms with van der Waals surface area (Å²) in [4.78, 5) is 11.4. The van der Waals surface area contributed by atoms with Crippen LogP contribution in [-0.2, 0) is 12.8 Å². The van der Waals surface area contributed by atoms with Crippen molar-refractivity contribution in [1.29, 1.82) is 0 Å². The van der Waals surface area contributed by atoms with E-state index in [1.165, 1.54) is 24.9 Å². The van der Waals surface area contributed by atoms with Crippen molar-refractivity contribution in [2.45, 2.75) is 32.1 Å². The van der Waals surface area contributed by atoms with E-state index in [1.807, 2.05) is 18.2 Å². The predicted molar refractivity (Wildman–Crippen MR) is 124 cm³/mol. The van der Waals surface area contributed by atoms with Gasteiger partial charge in [-0.25, -0.2) is 9.97 Å². The number of nitrogens with zero attached hydrogens (tertiary/aromatic N) is 4. The van der Waals surface area contributed by atoms with Gasteiger partial charge in [0.15, 0.2) is 0 Å². The molecule has 2 heterocycles. The first-order valence-corrected chi connectivity index (χ1v) is 11.8. The minimum atomic E-state index is 0.691. The zero-order valence-corrected chi connectivity index (χ0v) is 18.4. The molecule has 0 radical (unpaired) electrons. The van der Waals surface area contributed by atoms with Crippen molar-refractivity contribution in [3.8, 4) is 10.9 Å². The number of rotatable bonds is 11. The molecule has 7 heteroatoms. The first kappa shape index (κ1) is 20.2. The fraction of sp³-hybridized carbons (Fsp3) is 0.375. The molecule has 2 aromatic heterocycles. The summed E-state index contributed by atoms with van der Waals surface area (Å²) in [6.45, 7) is 3.41. The number of aromatic nitrogens is 4. The molecular formula is C24H27N5OS. The maximum Gasteiger partial charge on any atom is 0.279 e. The van der Waals surface area contributed by atoms with Gasteiger partial charge in [0.2, 0.25) is 0 Å². The number of para-hydroxylation sites is 1. The molecule has 31 heavy (non-hydrogen) atoms. The average molecular weight is 434 g/mol. The highest BCUT2D eigenvalue weighted by molar-refractivity contribution is 7.20. The van der Waals surface area contributed by atoms with Gasteiger partial charge < -0.3 is 9.64 Å². The standard InChI is InChI=1S/C24H27N5OS/c1-2-5-22-21(4-1)27-24(31-22)30-20-11-9-18(10-12-20)13-15-29(16-19-7-8-19)14-3-6-23-25-17-26-28-23/h1-2,4-5,9-12,17,19H,3,6-8,13-16H2,(H,25,26,28). The molecule has 4 aromatic rings. The van der Waals surface area contributed by atoms with E-state index in [-0.39, 0.29) is 0 Å². The van der Waals surface area contributed by atoms with Crippen molar-refractivity contribution in [3.63, 3.8) is 0 Å². The van der Waals surface area contributed by atoms with E-state index >= 15 is 0 Å². The number of aromatic amines is 1. The Bertz CT molecular complexity index is 1060. The molecule has 0 saturated heterocycles. The van der Waals surface area contributed by atoms with Crippen LogP contribution in [0.1, 0.15) is 30.7 Å². The van der Waals surface area contributed by atoms with E-state index in [9.17, 15) is 0 Å². The quantitative estimate of drug-likeness (QED) is 0.357. The number of hydrogen-bond acceptors (Lipinski definition) is 6. The van der Waals surface area contributed by atoms with Gasteiger partial charge in [0.05, 0.1) is 10.2 Å². The van der Waals surface area contributed by atoms with E-state index in [4.69, 9.17) is 4.74 Å². The Kier molecular flexibility index (Phi) is 6.22. The summed E-state index contributed by atoms with van der Waals surface area (Å²) in [5.41, 5.74) is 2.32. The zero-order chi connectivity index (χ0) is 20.9. The molecule has 1 aliphatic carbocycles. The Labute approximate surface area is 186 Å². The molecule has 0 unspecified atom stereocenters. The summed E-state index contributed by atoms with van der Waals surface area (Å²) in [5.74, 6) is 2.72. The van der Waals surface area contributed by atoms with Crippen molar-refractivity contribution in [3.05, 3.63) is 66.2 Å². The summed E-state index contributed by atoms with van der Waals surface area (Å²) < 4.78 is 7.12. The largest absolute Gasteiger partial charge is 0.431 e. The lowest BCUT2D eigenvalue weighted by atomic mass is 10.1. The van der Waals surface area contributed by atoms with Crippen LogP contribution in [-0.4, -0.2) is 44.7 Å². The summed E-state index contributed by atoms with van der Waals surface area (Å²) in [6.07, 6.45) is 7.47. The molecule has 1 saturated carbocycles. The smallest absolute Gasteiger partial charge is 0.279 e. The van der Waals surface area contributed by atoms with Crippen LogP contribution in [0.4, 0.5) is 0 Å². The van der Waals surface area contributed by atoms with Gasteiger partial charge in [0.1, 0.15) is 17.9 Å². The lowest BCUT2D eigenvalue weighted by Crippen LogP contribution is -2.29. The fourth-order valence-electron chi connectivity index (χ4n) is 3.79.